The summed E-state index contributed by atoms with van der Waals surface area (Å²) in [5.74, 6) is -0.319. The molecule has 2 aliphatic heterocycles. The predicted octanol–water partition coefficient (Wildman–Crippen LogP) is 3.54. The Hall–Kier alpha value is -3.20. The molecule has 1 aromatic carbocycles. The van der Waals surface area contributed by atoms with Gasteiger partial charge in [-0.1, -0.05) is 6.07 Å². The minimum atomic E-state index is -4.45. The molecular weight excluding hydrogens is 387 g/mol. The van der Waals surface area contributed by atoms with Gasteiger partial charge in [0.2, 0.25) is 0 Å². The van der Waals surface area contributed by atoms with Crippen LogP contribution in [0, 0.1) is 0 Å². The number of carbonyl (C=O) groups excluding carboxylic acids is 1. The number of alkyl halides is 3. The SMILES string of the molecule is O=C(N[C@H]1COc2cc(C(F)(F)F)ccc21)c1cc2c3c(cnc2cn1)COC3. The van der Waals surface area contributed by atoms with Crippen molar-refractivity contribution in [2.45, 2.75) is 25.4 Å². The van der Waals surface area contributed by atoms with Gasteiger partial charge in [0.1, 0.15) is 18.1 Å². The number of nitrogens with one attached hydrogen (secondary N) is 1. The number of halogens is 3. The summed E-state index contributed by atoms with van der Waals surface area (Å²) < 4.78 is 49.4. The van der Waals surface area contributed by atoms with E-state index < -0.39 is 23.7 Å². The number of pyridine rings is 2. The molecule has 0 unspecified atom stereocenters. The first kappa shape index (κ1) is 17.9. The van der Waals surface area contributed by atoms with E-state index in [2.05, 4.69) is 15.3 Å². The lowest BCUT2D eigenvalue weighted by Gasteiger charge is -2.13. The quantitative estimate of drug-likeness (QED) is 0.711. The second kappa shape index (κ2) is 6.41. The second-order valence-corrected chi connectivity index (χ2v) is 6.93. The number of hydrogen-bond acceptors (Lipinski definition) is 5. The smallest absolute Gasteiger partial charge is 0.416 e. The fourth-order valence-electron chi connectivity index (χ4n) is 3.61. The molecule has 29 heavy (non-hydrogen) atoms. The molecule has 2 aromatic heterocycles. The van der Waals surface area contributed by atoms with Crippen molar-refractivity contribution in [3.8, 4) is 5.75 Å². The van der Waals surface area contributed by atoms with Gasteiger partial charge in [0, 0.05) is 22.7 Å². The van der Waals surface area contributed by atoms with E-state index in [1.807, 2.05) is 0 Å². The van der Waals surface area contributed by atoms with E-state index in [0.717, 1.165) is 28.6 Å². The highest BCUT2D eigenvalue weighted by molar-refractivity contribution is 5.96. The van der Waals surface area contributed by atoms with Crippen molar-refractivity contribution in [1.29, 1.82) is 0 Å². The lowest BCUT2D eigenvalue weighted by Crippen LogP contribution is -2.30. The second-order valence-electron chi connectivity index (χ2n) is 6.93. The molecule has 0 spiro atoms. The van der Waals surface area contributed by atoms with E-state index >= 15 is 0 Å². The van der Waals surface area contributed by atoms with Gasteiger partial charge in [-0.05, 0) is 23.8 Å². The van der Waals surface area contributed by atoms with Crippen LogP contribution < -0.4 is 10.1 Å². The molecular formula is C20H14F3N3O3. The topological polar surface area (TPSA) is 73.3 Å². The molecule has 1 amide bonds. The highest BCUT2D eigenvalue weighted by Crippen LogP contribution is 2.38. The fraction of sp³-hybridized carbons (Fsp3) is 0.250. The number of benzene rings is 1. The van der Waals surface area contributed by atoms with Crippen LogP contribution in [-0.2, 0) is 24.1 Å². The molecule has 0 saturated carbocycles. The zero-order chi connectivity index (χ0) is 20.2. The van der Waals surface area contributed by atoms with E-state index in [-0.39, 0.29) is 18.1 Å². The number of carbonyl (C=O) groups is 1. The summed E-state index contributed by atoms with van der Waals surface area (Å²) >= 11 is 0. The average molecular weight is 401 g/mol. The molecule has 1 N–H and O–H groups in total. The molecule has 0 aliphatic carbocycles. The van der Waals surface area contributed by atoms with Crippen LogP contribution in [0.2, 0.25) is 0 Å². The molecule has 4 heterocycles. The van der Waals surface area contributed by atoms with Gasteiger partial charge in [-0.2, -0.15) is 13.2 Å². The van der Waals surface area contributed by atoms with Crippen molar-refractivity contribution < 1.29 is 27.4 Å². The maximum Gasteiger partial charge on any atom is 0.416 e. The molecule has 2 aliphatic rings. The molecule has 0 bridgehead atoms. The Labute approximate surface area is 162 Å². The van der Waals surface area contributed by atoms with Crippen molar-refractivity contribution >= 4 is 16.8 Å². The fourth-order valence-corrected chi connectivity index (χ4v) is 3.61. The van der Waals surface area contributed by atoms with Crippen LogP contribution in [0.15, 0.2) is 36.7 Å². The average Bonchev–Trinajstić information content (AvgIpc) is 3.33. The van der Waals surface area contributed by atoms with Gasteiger partial charge in [-0.3, -0.25) is 9.78 Å². The standard InChI is InChI=1S/C20H14F3N3O3/c21-20(22,23)11-1-2-12-17(9-29-18(12)3-11)26-19(27)15-4-13-14-8-28-7-10(14)5-24-16(13)6-25-15/h1-6,17H,7-9H2,(H,26,27)/t17-/m0/s1. The van der Waals surface area contributed by atoms with Crippen LogP contribution in [-0.4, -0.2) is 22.5 Å². The first-order chi connectivity index (χ1) is 13.9. The Morgan fingerprint density at radius 3 is 2.83 bits per heavy atom. The van der Waals surface area contributed by atoms with E-state index in [9.17, 15) is 18.0 Å². The van der Waals surface area contributed by atoms with Crippen molar-refractivity contribution in [3.05, 3.63) is 64.6 Å². The third-order valence-electron chi connectivity index (χ3n) is 5.12. The molecule has 0 radical (unpaired) electrons. The molecule has 5 rings (SSSR count). The van der Waals surface area contributed by atoms with Gasteiger partial charge in [0.25, 0.3) is 5.91 Å². The number of amides is 1. The minimum absolute atomic E-state index is 0.0563. The Morgan fingerprint density at radius 1 is 1.14 bits per heavy atom. The maximum atomic E-state index is 12.9. The summed E-state index contributed by atoms with van der Waals surface area (Å²) in [6.45, 7) is 0.990. The lowest BCUT2D eigenvalue weighted by molar-refractivity contribution is -0.137. The highest BCUT2D eigenvalue weighted by Gasteiger charge is 2.34. The van der Waals surface area contributed by atoms with Crippen LogP contribution in [0.3, 0.4) is 0 Å². The van der Waals surface area contributed by atoms with Gasteiger partial charge >= 0.3 is 6.18 Å². The summed E-state index contributed by atoms with van der Waals surface area (Å²) in [6.07, 6.45) is -1.18. The summed E-state index contributed by atoms with van der Waals surface area (Å²) in [7, 11) is 0. The number of ether oxygens (including phenoxy) is 2. The van der Waals surface area contributed by atoms with Crippen molar-refractivity contribution in [1.82, 2.24) is 15.3 Å². The van der Waals surface area contributed by atoms with E-state index in [0.29, 0.717) is 24.3 Å². The molecule has 1 atom stereocenters. The first-order valence-electron chi connectivity index (χ1n) is 8.89. The number of nitrogens with zero attached hydrogens (tertiary/aromatic N) is 2. The summed E-state index contributed by atoms with van der Waals surface area (Å²) in [5.41, 5.74) is 2.54. The van der Waals surface area contributed by atoms with Gasteiger partial charge in [-0.15, -0.1) is 0 Å². The normalized spacial score (nSPS) is 17.7. The number of hydrogen-bond donors (Lipinski definition) is 1. The first-order valence-corrected chi connectivity index (χ1v) is 8.89. The molecule has 9 heteroatoms. The zero-order valence-corrected chi connectivity index (χ0v) is 14.9. The van der Waals surface area contributed by atoms with E-state index in [1.165, 1.54) is 12.3 Å². The molecule has 0 saturated heterocycles. The monoisotopic (exact) mass is 401 g/mol. The van der Waals surface area contributed by atoms with Crippen LogP contribution in [0.25, 0.3) is 10.9 Å². The van der Waals surface area contributed by atoms with E-state index in [1.54, 1.807) is 12.3 Å². The largest absolute Gasteiger partial charge is 0.491 e. The highest BCUT2D eigenvalue weighted by atomic mass is 19.4. The number of aromatic nitrogens is 2. The molecule has 148 valence electrons. The Kier molecular flexibility index (Phi) is 3.95. The van der Waals surface area contributed by atoms with Crippen LogP contribution in [0.4, 0.5) is 13.2 Å². The van der Waals surface area contributed by atoms with Gasteiger partial charge in [-0.25, -0.2) is 4.98 Å². The maximum absolute atomic E-state index is 12.9. The summed E-state index contributed by atoms with van der Waals surface area (Å²) in [4.78, 5) is 21.2. The number of fused-ring (bicyclic) bond motifs is 4. The van der Waals surface area contributed by atoms with Crippen LogP contribution in [0.5, 0.6) is 5.75 Å². The number of rotatable bonds is 2. The van der Waals surface area contributed by atoms with Crippen LogP contribution >= 0.6 is 0 Å². The van der Waals surface area contributed by atoms with E-state index in [4.69, 9.17) is 9.47 Å². The Balaban J connectivity index is 1.41. The lowest BCUT2D eigenvalue weighted by atomic mass is 10.0. The third-order valence-corrected chi connectivity index (χ3v) is 5.12. The Morgan fingerprint density at radius 2 is 2.00 bits per heavy atom. The van der Waals surface area contributed by atoms with Crippen LogP contribution in [0.1, 0.15) is 38.8 Å². The van der Waals surface area contributed by atoms with Crippen molar-refractivity contribution in [2.75, 3.05) is 6.61 Å². The third kappa shape index (κ3) is 3.07. The van der Waals surface area contributed by atoms with Gasteiger partial charge in [0.15, 0.2) is 0 Å². The molecule has 0 fully saturated rings. The molecule has 6 nitrogen and oxygen atoms in total. The van der Waals surface area contributed by atoms with Crippen molar-refractivity contribution in [3.63, 3.8) is 0 Å². The zero-order valence-electron chi connectivity index (χ0n) is 14.9. The summed E-state index contributed by atoms with van der Waals surface area (Å²) in [6, 6.07) is 4.37. The summed E-state index contributed by atoms with van der Waals surface area (Å²) in [5, 5.41) is 3.59. The van der Waals surface area contributed by atoms with Gasteiger partial charge in [0.05, 0.1) is 36.5 Å². The molecule has 3 aromatic rings. The minimum Gasteiger partial charge on any atom is -0.491 e. The van der Waals surface area contributed by atoms with Gasteiger partial charge < -0.3 is 14.8 Å². The Bertz CT molecular complexity index is 1150. The predicted molar refractivity (Wildman–Crippen MR) is 95.2 cm³/mol. The van der Waals surface area contributed by atoms with Crippen molar-refractivity contribution in [2.24, 2.45) is 0 Å².